The second-order valence-corrected chi connectivity index (χ2v) is 4.29. The van der Waals surface area contributed by atoms with Crippen LogP contribution in [-0.2, 0) is 0 Å². The van der Waals surface area contributed by atoms with Gasteiger partial charge in [0.2, 0.25) is 5.88 Å². The molecule has 0 bridgehead atoms. The summed E-state index contributed by atoms with van der Waals surface area (Å²) in [7, 11) is 0. The summed E-state index contributed by atoms with van der Waals surface area (Å²) < 4.78 is 6.75. The van der Waals surface area contributed by atoms with E-state index < -0.39 is 0 Å². The van der Waals surface area contributed by atoms with Crippen molar-refractivity contribution in [1.82, 2.24) is 4.98 Å². The molecular formula is C12H10INO. The quantitative estimate of drug-likeness (QED) is 0.787. The number of hydrogen-bond acceptors (Lipinski definition) is 2. The topological polar surface area (TPSA) is 22.1 Å². The van der Waals surface area contributed by atoms with E-state index in [1.807, 2.05) is 49.4 Å². The molecule has 0 radical (unpaired) electrons. The van der Waals surface area contributed by atoms with E-state index in [1.54, 1.807) is 0 Å². The average Bonchev–Trinajstić information content (AvgIpc) is 2.25. The zero-order valence-electron chi connectivity index (χ0n) is 8.27. The molecule has 0 aliphatic carbocycles. The number of para-hydroxylation sites is 1. The Morgan fingerprint density at radius 3 is 2.47 bits per heavy atom. The standard InChI is InChI=1S/C12H10INO/c1-9-11(13)7-8-12(14-9)15-10-5-3-2-4-6-10/h2-8H,1H3. The molecule has 2 nitrogen and oxygen atoms in total. The SMILES string of the molecule is Cc1nc(Oc2ccccc2)ccc1I. The minimum absolute atomic E-state index is 0.638. The summed E-state index contributed by atoms with van der Waals surface area (Å²) >= 11 is 2.25. The van der Waals surface area contributed by atoms with Crippen molar-refractivity contribution in [3.8, 4) is 11.6 Å². The molecular weight excluding hydrogens is 301 g/mol. The van der Waals surface area contributed by atoms with Gasteiger partial charge >= 0.3 is 0 Å². The number of halogens is 1. The maximum atomic E-state index is 5.60. The fraction of sp³-hybridized carbons (Fsp3) is 0.0833. The summed E-state index contributed by atoms with van der Waals surface area (Å²) in [6.07, 6.45) is 0. The molecule has 76 valence electrons. The molecule has 1 aromatic heterocycles. The van der Waals surface area contributed by atoms with Crippen LogP contribution in [0.15, 0.2) is 42.5 Å². The van der Waals surface area contributed by atoms with E-state index in [2.05, 4.69) is 27.6 Å². The normalized spacial score (nSPS) is 10.0. The van der Waals surface area contributed by atoms with Gasteiger partial charge in [-0.25, -0.2) is 4.98 Å². The van der Waals surface area contributed by atoms with Gasteiger partial charge in [0.1, 0.15) is 5.75 Å². The van der Waals surface area contributed by atoms with Crippen LogP contribution in [0.5, 0.6) is 11.6 Å². The zero-order chi connectivity index (χ0) is 10.7. The second kappa shape index (κ2) is 4.61. The van der Waals surface area contributed by atoms with E-state index in [4.69, 9.17) is 4.74 Å². The van der Waals surface area contributed by atoms with Crippen molar-refractivity contribution < 1.29 is 4.74 Å². The smallest absolute Gasteiger partial charge is 0.219 e. The summed E-state index contributed by atoms with van der Waals surface area (Å²) in [6.45, 7) is 1.97. The van der Waals surface area contributed by atoms with Gasteiger partial charge in [-0.3, -0.25) is 0 Å². The molecule has 0 saturated heterocycles. The molecule has 2 aromatic rings. The number of nitrogens with zero attached hydrogens (tertiary/aromatic N) is 1. The van der Waals surface area contributed by atoms with Gasteiger partial charge in [-0.15, -0.1) is 0 Å². The fourth-order valence-corrected chi connectivity index (χ4v) is 1.49. The van der Waals surface area contributed by atoms with Crippen molar-refractivity contribution in [2.24, 2.45) is 0 Å². The molecule has 15 heavy (non-hydrogen) atoms. The molecule has 0 spiro atoms. The largest absolute Gasteiger partial charge is 0.439 e. The molecule has 1 heterocycles. The molecule has 0 N–H and O–H groups in total. The van der Waals surface area contributed by atoms with Crippen molar-refractivity contribution in [1.29, 1.82) is 0 Å². The molecule has 1 aromatic carbocycles. The third kappa shape index (κ3) is 2.68. The van der Waals surface area contributed by atoms with Gasteiger partial charge < -0.3 is 4.74 Å². The Morgan fingerprint density at radius 1 is 1.07 bits per heavy atom. The average molecular weight is 311 g/mol. The highest BCUT2D eigenvalue weighted by atomic mass is 127. The monoisotopic (exact) mass is 311 g/mol. The first-order valence-corrected chi connectivity index (χ1v) is 5.69. The zero-order valence-corrected chi connectivity index (χ0v) is 10.4. The lowest BCUT2D eigenvalue weighted by Crippen LogP contribution is -1.91. The van der Waals surface area contributed by atoms with Crippen LogP contribution in [0.25, 0.3) is 0 Å². The van der Waals surface area contributed by atoms with Crippen molar-refractivity contribution >= 4 is 22.6 Å². The predicted octanol–water partition coefficient (Wildman–Crippen LogP) is 3.79. The number of hydrogen-bond donors (Lipinski definition) is 0. The fourth-order valence-electron chi connectivity index (χ4n) is 1.19. The van der Waals surface area contributed by atoms with Gasteiger partial charge in [-0.05, 0) is 47.7 Å². The number of aryl methyl sites for hydroxylation is 1. The number of benzene rings is 1. The van der Waals surface area contributed by atoms with E-state index in [0.29, 0.717) is 5.88 Å². The molecule has 3 heteroatoms. The number of rotatable bonds is 2. The van der Waals surface area contributed by atoms with E-state index in [-0.39, 0.29) is 0 Å². The van der Waals surface area contributed by atoms with Gasteiger partial charge in [0.25, 0.3) is 0 Å². The first-order chi connectivity index (χ1) is 7.25. The molecule has 0 unspecified atom stereocenters. The van der Waals surface area contributed by atoms with Crippen LogP contribution in [-0.4, -0.2) is 4.98 Å². The van der Waals surface area contributed by atoms with E-state index in [0.717, 1.165) is 15.0 Å². The Morgan fingerprint density at radius 2 is 1.80 bits per heavy atom. The van der Waals surface area contributed by atoms with Gasteiger partial charge in [0, 0.05) is 9.64 Å². The third-order valence-corrected chi connectivity index (χ3v) is 3.10. The van der Waals surface area contributed by atoms with Crippen LogP contribution in [0.4, 0.5) is 0 Å². The van der Waals surface area contributed by atoms with Gasteiger partial charge in [0.15, 0.2) is 0 Å². The van der Waals surface area contributed by atoms with Crippen LogP contribution in [0.1, 0.15) is 5.69 Å². The van der Waals surface area contributed by atoms with Crippen molar-refractivity contribution in [2.75, 3.05) is 0 Å². The lowest BCUT2D eigenvalue weighted by atomic mass is 10.3. The van der Waals surface area contributed by atoms with Gasteiger partial charge in [-0.1, -0.05) is 18.2 Å². The predicted molar refractivity (Wildman–Crippen MR) is 68.2 cm³/mol. The van der Waals surface area contributed by atoms with E-state index >= 15 is 0 Å². The van der Waals surface area contributed by atoms with Gasteiger partial charge in [-0.2, -0.15) is 0 Å². The maximum absolute atomic E-state index is 5.60. The number of aromatic nitrogens is 1. The Balaban J connectivity index is 2.22. The molecule has 0 aliphatic rings. The molecule has 0 aliphatic heterocycles. The summed E-state index contributed by atoms with van der Waals surface area (Å²) in [5, 5.41) is 0. The van der Waals surface area contributed by atoms with Crippen LogP contribution in [0.2, 0.25) is 0 Å². The van der Waals surface area contributed by atoms with E-state index in [1.165, 1.54) is 0 Å². The minimum atomic E-state index is 0.638. The summed E-state index contributed by atoms with van der Waals surface area (Å²) in [5.41, 5.74) is 0.990. The highest BCUT2D eigenvalue weighted by molar-refractivity contribution is 14.1. The van der Waals surface area contributed by atoms with Crippen LogP contribution < -0.4 is 4.74 Å². The van der Waals surface area contributed by atoms with Crippen LogP contribution in [0, 0.1) is 10.5 Å². The molecule has 0 saturated carbocycles. The summed E-state index contributed by atoms with van der Waals surface area (Å²) in [4.78, 5) is 4.34. The van der Waals surface area contributed by atoms with Crippen LogP contribution in [0.3, 0.4) is 0 Å². The van der Waals surface area contributed by atoms with Crippen molar-refractivity contribution in [2.45, 2.75) is 6.92 Å². The van der Waals surface area contributed by atoms with Gasteiger partial charge in [0.05, 0.1) is 5.69 Å². The Bertz CT molecular complexity index is 456. The third-order valence-electron chi connectivity index (χ3n) is 1.96. The molecule has 0 amide bonds. The Hall–Kier alpha value is -1.10. The first kappa shape index (κ1) is 10.4. The van der Waals surface area contributed by atoms with Crippen LogP contribution >= 0.6 is 22.6 Å². The number of ether oxygens (including phenoxy) is 1. The Labute approximate surface area is 102 Å². The lowest BCUT2D eigenvalue weighted by molar-refractivity contribution is 0.461. The van der Waals surface area contributed by atoms with Crippen molar-refractivity contribution in [3.05, 3.63) is 51.7 Å². The number of pyridine rings is 1. The second-order valence-electron chi connectivity index (χ2n) is 3.13. The highest BCUT2D eigenvalue weighted by Crippen LogP contribution is 2.20. The highest BCUT2D eigenvalue weighted by Gasteiger charge is 2.00. The Kier molecular flexibility index (Phi) is 3.20. The maximum Gasteiger partial charge on any atom is 0.219 e. The van der Waals surface area contributed by atoms with Crippen molar-refractivity contribution in [3.63, 3.8) is 0 Å². The molecule has 0 atom stereocenters. The molecule has 2 rings (SSSR count). The molecule has 0 fully saturated rings. The van der Waals surface area contributed by atoms with E-state index in [9.17, 15) is 0 Å². The lowest BCUT2D eigenvalue weighted by Gasteiger charge is -2.05. The summed E-state index contributed by atoms with van der Waals surface area (Å²) in [5.74, 6) is 1.45. The summed E-state index contributed by atoms with van der Waals surface area (Å²) in [6, 6.07) is 13.5. The minimum Gasteiger partial charge on any atom is -0.439 e. The first-order valence-electron chi connectivity index (χ1n) is 4.62.